The number of carboxylic acid groups (broad SMARTS) is 1. The molecule has 0 saturated carbocycles. The molecule has 0 aliphatic carbocycles. The van der Waals surface area contributed by atoms with E-state index in [0.717, 1.165) is 18.8 Å². The van der Waals surface area contributed by atoms with Crippen LogP contribution in [0.2, 0.25) is 0 Å². The van der Waals surface area contributed by atoms with Crippen molar-refractivity contribution in [3.05, 3.63) is 0 Å². The Kier molecular flexibility index (Phi) is 5.70. The standard InChI is InChI=1S/C7H13NO2S.ClH/c1-8-2-3-11-6(5-8)4-7(9)10;/h6H,2-5H2,1H3,(H,9,10);1H. The first-order chi connectivity index (χ1) is 5.18. The topological polar surface area (TPSA) is 40.5 Å². The molecule has 1 aliphatic rings. The SMILES string of the molecule is CN1CCSC(CC(=O)O)C1.Cl. The molecule has 3 nitrogen and oxygen atoms in total. The van der Waals surface area contributed by atoms with Gasteiger partial charge in [0.2, 0.25) is 0 Å². The quantitative estimate of drug-likeness (QED) is 0.738. The van der Waals surface area contributed by atoms with Crippen molar-refractivity contribution in [2.75, 3.05) is 25.9 Å². The van der Waals surface area contributed by atoms with E-state index in [1.54, 1.807) is 11.8 Å². The molecule has 1 fully saturated rings. The first-order valence-corrected chi connectivity index (χ1v) is 4.75. The lowest BCUT2D eigenvalue weighted by atomic mass is 10.3. The van der Waals surface area contributed by atoms with Gasteiger partial charge in [0, 0.05) is 24.1 Å². The summed E-state index contributed by atoms with van der Waals surface area (Å²) < 4.78 is 0. The van der Waals surface area contributed by atoms with E-state index in [4.69, 9.17) is 5.11 Å². The number of hydrogen-bond donors (Lipinski definition) is 1. The van der Waals surface area contributed by atoms with Gasteiger partial charge in [0.05, 0.1) is 6.42 Å². The van der Waals surface area contributed by atoms with Crippen LogP contribution in [0.5, 0.6) is 0 Å². The van der Waals surface area contributed by atoms with Crippen LogP contribution < -0.4 is 0 Å². The van der Waals surface area contributed by atoms with Crippen molar-refractivity contribution in [2.45, 2.75) is 11.7 Å². The van der Waals surface area contributed by atoms with Crippen LogP contribution in [-0.2, 0) is 4.79 Å². The number of hydrogen-bond acceptors (Lipinski definition) is 3. The van der Waals surface area contributed by atoms with Crippen LogP contribution in [0, 0.1) is 0 Å². The molecule has 1 heterocycles. The second-order valence-electron chi connectivity index (χ2n) is 2.85. The fraction of sp³-hybridized carbons (Fsp3) is 0.857. The largest absolute Gasteiger partial charge is 0.481 e. The van der Waals surface area contributed by atoms with E-state index < -0.39 is 5.97 Å². The number of thioether (sulfide) groups is 1. The minimum atomic E-state index is -0.683. The number of halogens is 1. The molecular weight excluding hydrogens is 198 g/mol. The molecule has 12 heavy (non-hydrogen) atoms. The van der Waals surface area contributed by atoms with Crippen molar-refractivity contribution in [2.24, 2.45) is 0 Å². The molecule has 5 heteroatoms. The first kappa shape index (κ1) is 12.1. The van der Waals surface area contributed by atoms with Gasteiger partial charge in [0.25, 0.3) is 0 Å². The normalized spacial score (nSPS) is 24.6. The van der Waals surface area contributed by atoms with E-state index in [-0.39, 0.29) is 12.4 Å². The second-order valence-corrected chi connectivity index (χ2v) is 4.26. The maximum atomic E-state index is 10.3. The summed E-state index contributed by atoms with van der Waals surface area (Å²) in [6.45, 7) is 2.00. The van der Waals surface area contributed by atoms with E-state index in [9.17, 15) is 4.79 Å². The highest BCUT2D eigenvalue weighted by Crippen LogP contribution is 2.19. The first-order valence-electron chi connectivity index (χ1n) is 3.70. The lowest BCUT2D eigenvalue weighted by Crippen LogP contribution is -2.35. The second kappa shape index (κ2) is 5.67. The molecule has 1 N–H and O–H groups in total. The van der Waals surface area contributed by atoms with Gasteiger partial charge in [0.1, 0.15) is 0 Å². The average Bonchev–Trinajstić information content (AvgIpc) is 1.85. The molecule has 0 spiro atoms. The Morgan fingerprint density at radius 1 is 1.75 bits per heavy atom. The number of aliphatic carboxylic acids is 1. The zero-order valence-corrected chi connectivity index (χ0v) is 8.66. The molecule has 0 amide bonds. The Labute approximate surface area is 82.9 Å². The molecule has 0 aromatic heterocycles. The van der Waals surface area contributed by atoms with E-state index in [1.807, 2.05) is 7.05 Å². The third-order valence-corrected chi connectivity index (χ3v) is 2.95. The molecule has 1 atom stereocenters. The Balaban J connectivity index is 0.00000121. The average molecular weight is 212 g/mol. The van der Waals surface area contributed by atoms with Crippen molar-refractivity contribution in [1.29, 1.82) is 0 Å². The molecule has 1 saturated heterocycles. The summed E-state index contributed by atoms with van der Waals surface area (Å²) in [5, 5.41) is 8.82. The van der Waals surface area contributed by atoms with Gasteiger partial charge in [-0.3, -0.25) is 4.79 Å². The van der Waals surface area contributed by atoms with Gasteiger partial charge in [-0.05, 0) is 7.05 Å². The number of carboxylic acids is 1. The Bertz CT molecular complexity index is 156. The predicted molar refractivity (Wildman–Crippen MR) is 53.2 cm³/mol. The van der Waals surface area contributed by atoms with Gasteiger partial charge in [-0.25, -0.2) is 0 Å². The van der Waals surface area contributed by atoms with E-state index >= 15 is 0 Å². The Hall–Kier alpha value is 0.0700. The fourth-order valence-electron chi connectivity index (χ4n) is 1.19. The molecule has 0 aromatic rings. The summed E-state index contributed by atoms with van der Waals surface area (Å²) in [4.78, 5) is 12.5. The zero-order chi connectivity index (χ0) is 8.27. The highest BCUT2D eigenvalue weighted by molar-refractivity contribution is 8.00. The van der Waals surface area contributed by atoms with Crippen molar-refractivity contribution in [3.8, 4) is 0 Å². The lowest BCUT2D eigenvalue weighted by molar-refractivity contribution is -0.137. The van der Waals surface area contributed by atoms with Gasteiger partial charge in [-0.1, -0.05) is 0 Å². The van der Waals surface area contributed by atoms with Crippen LogP contribution in [0.4, 0.5) is 0 Å². The number of rotatable bonds is 2. The van der Waals surface area contributed by atoms with Crippen molar-refractivity contribution in [1.82, 2.24) is 4.90 Å². The van der Waals surface area contributed by atoms with Gasteiger partial charge < -0.3 is 10.0 Å². The maximum absolute atomic E-state index is 10.3. The molecule has 1 unspecified atom stereocenters. The third-order valence-electron chi connectivity index (χ3n) is 1.74. The Morgan fingerprint density at radius 3 is 2.92 bits per heavy atom. The number of carbonyl (C=O) groups is 1. The fourth-order valence-corrected chi connectivity index (χ4v) is 2.56. The molecule has 72 valence electrons. The molecule has 0 bridgehead atoms. The smallest absolute Gasteiger partial charge is 0.304 e. The van der Waals surface area contributed by atoms with Crippen LogP contribution in [-0.4, -0.2) is 47.1 Å². The van der Waals surface area contributed by atoms with Crippen molar-refractivity contribution >= 4 is 30.1 Å². The predicted octanol–water partition coefficient (Wildman–Crippen LogP) is 0.930. The maximum Gasteiger partial charge on any atom is 0.304 e. The van der Waals surface area contributed by atoms with Crippen molar-refractivity contribution < 1.29 is 9.90 Å². The van der Waals surface area contributed by atoms with Gasteiger partial charge in [-0.2, -0.15) is 11.8 Å². The molecule has 0 radical (unpaired) electrons. The van der Waals surface area contributed by atoms with Crippen LogP contribution in [0.15, 0.2) is 0 Å². The highest BCUT2D eigenvalue weighted by Gasteiger charge is 2.19. The highest BCUT2D eigenvalue weighted by atomic mass is 35.5. The summed E-state index contributed by atoms with van der Waals surface area (Å²) in [6, 6.07) is 0. The van der Waals surface area contributed by atoms with E-state index in [1.165, 1.54) is 0 Å². The third kappa shape index (κ3) is 4.18. The van der Waals surface area contributed by atoms with Crippen LogP contribution in [0.25, 0.3) is 0 Å². The molecule has 0 aromatic carbocycles. The minimum Gasteiger partial charge on any atom is -0.481 e. The van der Waals surface area contributed by atoms with Crippen LogP contribution >= 0.6 is 24.2 Å². The van der Waals surface area contributed by atoms with Crippen LogP contribution in [0.1, 0.15) is 6.42 Å². The zero-order valence-electron chi connectivity index (χ0n) is 7.02. The van der Waals surface area contributed by atoms with Crippen LogP contribution in [0.3, 0.4) is 0 Å². The lowest BCUT2D eigenvalue weighted by Gasteiger charge is -2.28. The van der Waals surface area contributed by atoms with E-state index in [0.29, 0.717) is 11.7 Å². The van der Waals surface area contributed by atoms with E-state index in [2.05, 4.69) is 4.90 Å². The number of nitrogens with zero attached hydrogens (tertiary/aromatic N) is 1. The molecule has 1 aliphatic heterocycles. The summed E-state index contributed by atoms with van der Waals surface area (Å²) >= 11 is 1.77. The summed E-state index contributed by atoms with van der Waals surface area (Å²) in [5.41, 5.74) is 0. The van der Waals surface area contributed by atoms with Crippen molar-refractivity contribution in [3.63, 3.8) is 0 Å². The Morgan fingerprint density at radius 2 is 2.42 bits per heavy atom. The monoisotopic (exact) mass is 211 g/mol. The summed E-state index contributed by atoms with van der Waals surface area (Å²) in [6.07, 6.45) is 0.301. The summed E-state index contributed by atoms with van der Waals surface area (Å²) in [7, 11) is 2.04. The van der Waals surface area contributed by atoms with Gasteiger partial charge >= 0.3 is 5.97 Å². The van der Waals surface area contributed by atoms with Gasteiger partial charge in [0.15, 0.2) is 0 Å². The summed E-state index contributed by atoms with van der Waals surface area (Å²) in [5.74, 6) is 0.381. The molecule has 1 rings (SSSR count). The molecular formula is C7H14ClNO2S. The minimum absolute atomic E-state index is 0. The van der Waals surface area contributed by atoms with Gasteiger partial charge in [-0.15, -0.1) is 12.4 Å².